The van der Waals surface area contributed by atoms with E-state index in [1.807, 2.05) is 50.2 Å². The van der Waals surface area contributed by atoms with Gasteiger partial charge in [0.25, 0.3) is 0 Å². The second-order valence-corrected chi connectivity index (χ2v) is 5.60. The second-order valence-electron chi connectivity index (χ2n) is 4.75. The zero-order valence-corrected chi connectivity index (χ0v) is 13.7. The summed E-state index contributed by atoms with van der Waals surface area (Å²) in [6.45, 7) is 3.93. The van der Waals surface area contributed by atoms with Crippen LogP contribution in [0.4, 0.5) is 16.2 Å². The molecule has 2 aromatic rings. The van der Waals surface area contributed by atoms with Crippen LogP contribution in [0, 0.1) is 13.8 Å². The fourth-order valence-electron chi connectivity index (χ4n) is 1.93. The number of rotatable bonds is 3. The van der Waals surface area contributed by atoms with Crippen LogP contribution in [0.3, 0.4) is 0 Å². The Bertz CT molecular complexity index is 671. The van der Waals surface area contributed by atoms with Crippen molar-refractivity contribution in [2.45, 2.75) is 13.8 Å². The van der Waals surface area contributed by atoms with E-state index in [1.165, 1.54) is 0 Å². The fourth-order valence-corrected chi connectivity index (χ4v) is 2.17. The van der Waals surface area contributed by atoms with Gasteiger partial charge in [-0.3, -0.25) is 0 Å². The minimum Gasteiger partial charge on any atom is -0.495 e. The molecule has 2 rings (SSSR count). The van der Waals surface area contributed by atoms with Gasteiger partial charge in [0.05, 0.1) is 12.8 Å². The van der Waals surface area contributed by atoms with Crippen molar-refractivity contribution in [2.75, 3.05) is 17.7 Å². The van der Waals surface area contributed by atoms with Crippen molar-refractivity contribution in [1.29, 1.82) is 0 Å². The molecule has 0 heterocycles. The van der Waals surface area contributed by atoms with E-state index in [0.717, 1.165) is 21.3 Å². The summed E-state index contributed by atoms with van der Waals surface area (Å²) in [6.07, 6.45) is 0. The first-order valence-electron chi connectivity index (χ1n) is 6.48. The second kappa shape index (κ2) is 6.63. The SMILES string of the molecule is COc1ccc(C)cc1NC(=O)Nc1ccc(Br)c(C)c1. The number of amides is 2. The third kappa shape index (κ3) is 3.98. The van der Waals surface area contributed by atoms with Gasteiger partial charge in [0.15, 0.2) is 0 Å². The van der Waals surface area contributed by atoms with Crippen molar-refractivity contribution in [3.63, 3.8) is 0 Å². The summed E-state index contributed by atoms with van der Waals surface area (Å²) < 4.78 is 6.25. The van der Waals surface area contributed by atoms with E-state index in [9.17, 15) is 4.79 Å². The van der Waals surface area contributed by atoms with Crippen molar-refractivity contribution >= 4 is 33.3 Å². The molecule has 0 radical (unpaired) electrons. The van der Waals surface area contributed by atoms with Gasteiger partial charge in [0.1, 0.15) is 5.75 Å². The zero-order valence-electron chi connectivity index (χ0n) is 12.2. The maximum absolute atomic E-state index is 12.1. The molecule has 0 bridgehead atoms. The van der Waals surface area contributed by atoms with E-state index in [4.69, 9.17) is 4.74 Å². The molecule has 21 heavy (non-hydrogen) atoms. The van der Waals surface area contributed by atoms with Crippen LogP contribution < -0.4 is 15.4 Å². The lowest BCUT2D eigenvalue weighted by molar-refractivity contribution is 0.262. The summed E-state index contributed by atoms with van der Waals surface area (Å²) in [4.78, 5) is 12.1. The third-order valence-electron chi connectivity index (χ3n) is 3.02. The van der Waals surface area contributed by atoms with Crippen molar-refractivity contribution in [2.24, 2.45) is 0 Å². The molecule has 0 spiro atoms. The predicted molar refractivity (Wildman–Crippen MR) is 89.3 cm³/mol. The van der Waals surface area contributed by atoms with E-state index >= 15 is 0 Å². The van der Waals surface area contributed by atoms with Gasteiger partial charge in [-0.2, -0.15) is 0 Å². The number of hydrogen-bond donors (Lipinski definition) is 2. The highest BCUT2D eigenvalue weighted by atomic mass is 79.9. The first-order valence-corrected chi connectivity index (χ1v) is 7.27. The van der Waals surface area contributed by atoms with Gasteiger partial charge < -0.3 is 15.4 Å². The molecule has 0 aliphatic rings. The zero-order chi connectivity index (χ0) is 15.4. The topological polar surface area (TPSA) is 50.4 Å². The lowest BCUT2D eigenvalue weighted by Crippen LogP contribution is -2.20. The molecule has 0 saturated carbocycles. The predicted octanol–water partition coefficient (Wildman–Crippen LogP) is 4.72. The summed E-state index contributed by atoms with van der Waals surface area (Å²) in [5, 5.41) is 5.60. The molecule has 2 amide bonds. The van der Waals surface area contributed by atoms with Crippen molar-refractivity contribution in [1.82, 2.24) is 0 Å². The van der Waals surface area contributed by atoms with Crippen LogP contribution >= 0.6 is 15.9 Å². The van der Waals surface area contributed by atoms with Gasteiger partial charge in [-0.1, -0.05) is 22.0 Å². The Kier molecular flexibility index (Phi) is 4.85. The Labute approximate surface area is 132 Å². The summed E-state index contributed by atoms with van der Waals surface area (Å²) in [6, 6.07) is 11.0. The molecule has 0 aromatic heterocycles. The number of hydrogen-bond acceptors (Lipinski definition) is 2. The Hall–Kier alpha value is -2.01. The van der Waals surface area contributed by atoms with Crippen LogP contribution in [0.1, 0.15) is 11.1 Å². The minimum atomic E-state index is -0.305. The van der Waals surface area contributed by atoms with Gasteiger partial charge in [-0.25, -0.2) is 4.79 Å². The number of carbonyl (C=O) groups excluding carboxylic acids is 1. The quantitative estimate of drug-likeness (QED) is 0.843. The molecule has 4 nitrogen and oxygen atoms in total. The lowest BCUT2D eigenvalue weighted by Gasteiger charge is -2.12. The number of anilines is 2. The molecule has 2 N–H and O–H groups in total. The van der Waals surface area contributed by atoms with E-state index in [0.29, 0.717) is 11.4 Å². The molecule has 5 heteroatoms. The first kappa shape index (κ1) is 15.4. The Balaban J connectivity index is 2.11. The highest BCUT2D eigenvalue weighted by molar-refractivity contribution is 9.10. The smallest absolute Gasteiger partial charge is 0.323 e. The number of benzene rings is 2. The molecular weight excluding hydrogens is 332 g/mol. The maximum Gasteiger partial charge on any atom is 0.323 e. The Morgan fingerprint density at radius 1 is 1.10 bits per heavy atom. The monoisotopic (exact) mass is 348 g/mol. The van der Waals surface area contributed by atoms with Crippen molar-refractivity contribution in [3.05, 3.63) is 52.0 Å². The maximum atomic E-state index is 12.1. The number of aryl methyl sites for hydroxylation is 2. The average Bonchev–Trinajstić information content (AvgIpc) is 2.43. The minimum absolute atomic E-state index is 0.305. The summed E-state index contributed by atoms with van der Waals surface area (Å²) >= 11 is 3.43. The van der Waals surface area contributed by atoms with Gasteiger partial charge >= 0.3 is 6.03 Å². The lowest BCUT2D eigenvalue weighted by atomic mass is 10.2. The van der Waals surface area contributed by atoms with E-state index in [-0.39, 0.29) is 6.03 Å². The average molecular weight is 349 g/mol. The molecule has 0 fully saturated rings. The van der Waals surface area contributed by atoms with Crippen LogP contribution in [0.15, 0.2) is 40.9 Å². The van der Waals surface area contributed by atoms with Gasteiger partial charge in [-0.15, -0.1) is 0 Å². The normalized spacial score (nSPS) is 10.1. The van der Waals surface area contributed by atoms with Crippen LogP contribution in [0.5, 0.6) is 5.75 Å². The van der Waals surface area contributed by atoms with Gasteiger partial charge in [0.2, 0.25) is 0 Å². The van der Waals surface area contributed by atoms with E-state index in [2.05, 4.69) is 26.6 Å². The van der Waals surface area contributed by atoms with E-state index < -0.39 is 0 Å². The van der Waals surface area contributed by atoms with Crippen LogP contribution in [0.25, 0.3) is 0 Å². The number of ether oxygens (including phenoxy) is 1. The van der Waals surface area contributed by atoms with Crippen LogP contribution in [-0.2, 0) is 0 Å². The fraction of sp³-hybridized carbons (Fsp3) is 0.188. The van der Waals surface area contributed by atoms with Crippen LogP contribution in [-0.4, -0.2) is 13.1 Å². The van der Waals surface area contributed by atoms with Crippen molar-refractivity contribution < 1.29 is 9.53 Å². The Morgan fingerprint density at radius 2 is 1.86 bits per heavy atom. The molecule has 0 saturated heterocycles. The Morgan fingerprint density at radius 3 is 2.52 bits per heavy atom. The standard InChI is InChI=1S/C16H17BrN2O2/c1-10-4-7-15(21-3)14(8-10)19-16(20)18-12-5-6-13(17)11(2)9-12/h4-9H,1-3H3,(H2,18,19,20). The summed E-state index contributed by atoms with van der Waals surface area (Å²) in [5.74, 6) is 0.628. The number of nitrogens with one attached hydrogen (secondary N) is 2. The number of urea groups is 1. The van der Waals surface area contributed by atoms with Crippen molar-refractivity contribution in [3.8, 4) is 5.75 Å². The van der Waals surface area contributed by atoms with Gasteiger partial charge in [-0.05, 0) is 55.3 Å². The summed E-state index contributed by atoms with van der Waals surface area (Å²) in [5.41, 5.74) is 3.48. The highest BCUT2D eigenvalue weighted by Gasteiger charge is 2.08. The molecule has 0 unspecified atom stereocenters. The van der Waals surface area contributed by atoms with Crippen LogP contribution in [0.2, 0.25) is 0 Å². The molecule has 2 aromatic carbocycles. The number of halogens is 1. The van der Waals surface area contributed by atoms with E-state index in [1.54, 1.807) is 7.11 Å². The molecule has 0 aliphatic heterocycles. The first-order chi connectivity index (χ1) is 9.99. The molecular formula is C16H17BrN2O2. The number of methoxy groups -OCH3 is 1. The molecule has 110 valence electrons. The molecule has 0 atom stereocenters. The summed E-state index contributed by atoms with van der Waals surface area (Å²) in [7, 11) is 1.58. The number of carbonyl (C=O) groups is 1. The largest absolute Gasteiger partial charge is 0.495 e. The van der Waals surface area contributed by atoms with Gasteiger partial charge in [0, 0.05) is 10.2 Å². The highest BCUT2D eigenvalue weighted by Crippen LogP contribution is 2.25. The molecule has 0 aliphatic carbocycles. The third-order valence-corrected chi connectivity index (χ3v) is 3.91.